The molecule has 17 heavy (non-hydrogen) atoms. The lowest BCUT2D eigenvalue weighted by molar-refractivity contribution is -0.123. The SMILES string of the molecule is CCC1(NC(=O)Cc2ccc(N)cn2)CCC1. The third kappa shape index (κ3) is 2.75. The number of hydrogen-bond donors (Lipinski definition) is 2. The first-order valence-corrected chi connectivity index (χ1v) is 6.15. The number of nitrogens with one attached hydrogen (secondary N) is 1. The Kier molecular flexibility index (Phi) is 3.31. The molecule has 0 spiro atoms. The second-order valence-corrected chi connectivity index (χ2v) is 4.80. The summed E-state index contributed by atoms with van der Waals surface area (Å²) in [4.78, 5) is 16.0. The lowest BCUT2D eigenvalue weighted by atomic mass is 9.75. The number of carbonyl (C=O) groups is 1. The zero-order valence-corrected chi connectivity index (χ0v) is 10.2. The predicted octanol–water partition coefficient (Wildman–Crippen LogP) is 1.66. The van der Waals surface area contributed by atoms with E-state index in [4.69, 9.17) is 5.73 Å². The highest BCUT2D eigenvalue weighted by atomic mass is 16.1. The lowest BCUT2D eigenvalue weighted by Gasteiger charge is -2.42. The first-order chi connectivity index (χ1) is 8.13. The Morgan fingerprint density at radius 1 is 1.53 bits per heavy atom. The van der Waals surface area contributed by atoms with Gasteiger partial charge in [0.25, 0.3) is 0 Å². The highest BCUT2D eigenvalue weighted by molar-refractivity contribution is 5.79. The number of hydrogen-bond acceptors (Lipinski definition) is 3. The van der Waals surface area contributed by atoms with Crippen LogP contribution < -0.4 is 11.1 Å². The molecule has 3 N–H and O–H groups in total. The summed E-state index contributed by atoms with van der Waals surface area (Å²) in [7, 11) is 0. The number of aromatic nitrogens is 1. The molecule has 92 valence electrons. The molecule has 1 aliphatic carbocycles. The zero-order chi connectivity index (χ0) is 12.3. The smallest absolute Gasteiger partial charge is 0.226 e. The monoisotopic (exact) mass is 233 g/mol. The van der Waals surface area contributed by atoms with Crippen LogP contribution in [-0.4, -0.2) is 16.4 Å². The molecule has 1 fully saturated rings. The number of pyridine rings is 1. The summed E-state index contributed by atoms with van der Waals surface area (Å²) < 4.78 is 0. The Balaban J connectivity index is 1.91. The summed E-state index contributed by atoms with van der Waals surface area (Å²) in [5.41, 5.74) is 7.00. The highest BCUT2D eigenvalue weighted by Gasteiger charge is 2.36. The van der Waals surface area contributed by atoms with Gasteiger partial charge in [0.15, 0.2) is 0 Å². The summed E-state index contributed by atoms with van der Waals surface area (Å²) in [6, 6.07) is 3.57. The van der Waals surface area contributed by atoms with Crippen molar-refractivity contribution in [3.05, 3.63) is 24.0 Å². The zero-order valence-electron chi connectivity index (χ0n) is 10.2. The summed E-state index contributed by atoms with van der Waals surface area (Å²) in [6.07, 6.45) is 6.35. The molecule has 0 atom stereocenters. The fourth-order valence-electron chi connectivity index (χ4n) is 2.22. The Labute approximate surface area is 102 Å². The van der Waals surface area contributed by atoms with Gasteiger partial charge in [0.05, 0.1) is 18.3 Å². The minimum absolute atomic E-state index is 0.0591. The van der Waals surface area contributed by atoms with Gasteiger partial charge in [-0.1, -0.05) is 6.92 Å². The van der Waals surface area contributed by atoms with E-state index in [9.17, 15) is 4.79 Å². The topological polar surface area (TPSA) is 68.0 Å². The van der Waals surface area contributed by atoms with Crippen molar-refractivity contribution in [2.24, 2.45) is 0 Å². The van der Waals surface area contributed by atoms with E-state index in [1.54, 1.807) is 18.3 Å². The van der Waals surface area contributed by atoms with Gasteiger partial charge in [0.1, 0.15) is 0 Å². The van der Waals surface area contributed by atoms with Gasteiger partial charge in [0.2, 0.25) is 5.91 Å². The van der Waals surface area contributed by atoms with Crippen molar-refractivity contribution in [1.82, 2.24) is 10.3 Å². The van der Waals surface area contributed by atoms with Gasteiger partial charge in [-0.25, -0.2) is 0 Å². The molecular formula is C13H19N3O. The number of nitrogens with two attached hydrogens (primary N) is 1. The van der Waals surface area contributed by atoms with Crippen LogP contribution in [0.15, 0.2) is 18.3 Å². The third-order valence-electron chi connectivity index (χ3n) is 3.58. The van der Waals surface area contributed by atoms with E-state index < -0.39 is 0 Å². The first-order valence-electron chi connectivity index (χ1n) is 6.15. The van der Waals surface area contributed by atoms with Crippen LogP contribution in [0.1, 0.15) is 38.3 Å². The average Bonchev–Trinajstić information content (AvgIpc) is 2.27. The van der Waals surface area contributed by atoms with Crippen LogP contribution >= 0.6 is 0 Å². The Morgan fingerprint density at radius 3 is 2.76 bits per heavy atom. The number of rotatable bonds is 4. The van der Waals surface area contributed by atoms with Gasteiger partial charge in [-0.3, -0.25) is 9.78 Å². The summed E-state index contributed by atoms with van der Waals surface area (Å²) in [5.74, 6) is 0.0591. The Morgan fingerprint density at radius 2 is 2.29 bits per heavy atom. The molecule has 2 rings (SSSR count). The van der Waals surface area contributed by atoms with E-state index in [2.05, 4.69) is 17.2 Å². The van der Waals surface area contributed by atoms with Crippen molar-refractivity contribution in [2.45, 2.75) is 44.6 Å². The normalized spacial score (nSPS) is 17.2. The quantitative estimate of drug-likeness (QED) is 0.831. The van der Waals surface area contributed by atoms with Gasteiger partial charge >= 0.3 is 0 Å². The third-order valence-corrected chi connectivity index (χ3v) is 3.58. The molecule has 1 saturated carbocycles. The number of amides is 1. The standard InChI is InChI=1S/C13H19N3O/c1-2-13(6-3-7-13)16-12(17)8-11-5-4-10(14)9-15-11/h4-5,9H,2-3,6-8,14H2,1H3,(H,16,17). The number of nitrogen functional groups attached to an aromatic ring is 1. The molecule has 4 nitrogen and oxygen atoms in total. The molecule has 0 aliphatic heterocycles. The van der Waals surface area contributed by atoms with E-state index in [0.717, 1.165) is 25.0 Å². The molecule has 0 aromatic carbocycles. The molecule has 0 bridgehead atoms. The molecule has 1 aliphatic rings. The molecule has 1 amide bonds. The Bertz CT molecular complexity index is 390. The summed E-state index contributed by atoms with van der Waals surface area (Å²) in [5, 5.41) is 3.13. The predicted molar refractivity (Wildman–Crippen MR) is 67.4 cm³/mol. The van der Waals surface area contributed by atoms with E-state index in [1.807, 2.05) is 0 Å². The molecule has 0 saturated heterocycles. The van der Waals surface area contributed by atoms with Gasteiger partial charge in [0, 0.05) is 11.2 Å². The lowest BCUT2D eigenvalue weighted by Crippen LogP contribution is -2.53. The van der Waals surface area contributed by atoms with Crippen molar-refractivity contribution in [3.63, 3.8) is 0 Å². The van der Waals surface area contributed by atoms with E-state index >= 15 is 0 Å². The van der Waals surface area contributed by atoms with Crippen molar-refractivity contribution < 1.29 is 4.79 Å². The van der Waals surface area contributed by atoms with Crippen LogP contribution in [-0.2, 0) is 11.2 Å². The molecule has 1 aromatic rings. The van der Waals surface area contributed by atoms with Gasteiger partial charge in [-0.05, 0) is 37.8 Å². The fourth-order valence-corrected chi connectivity index (χ4v) is 2.22. The largest absolute Gasteiger partial charge is 0.397 e. The molecule has 0 radical (unpaired) electrons. The van der Waals surface area contributed by atoms with E-state index in [1.165, 1.54) is 6.42 Å². The molecule has 0 unspecified atom stereocenters. The van der Waals surface area contributed by atoms with Gasteiger partial charge in [-0.15, -0.1) is 0 Å². The number of nitrogens with zero attached hydrogens (tertiary/aromatic N) is 1. The van der Waals surface area contributed by atoms with E-state index in [-0.39, 0.29) is 11.4 Å². The second-order valence-electron chi connectivity index (χ2n) is 4.80. The molecule has 1 heterocycles. The Hall–Kier alpha value is -1.58. The summed E-state index contributed by atoms with van der Waals surface area (Å²) >= 11 is 0. The highest BCUT2D eigenvalue weighted by Crippen LogP contribution is 2.34. The fraction of sp³-hybridized carbons (Fsp3) is 0.538. The number of carbonyl (C=O) groups excluding carboxylic acids is 1. The van der Waals surface area contributed by atoms with Crippen molar-refractivity contribution in [3.8, 4) is 0 Å². The van der Waals surface area contributed by atoms with Crippen molar-refractivity contribution >= 4 is 11.6 Å². The average molecular weight is 233 g/mol. The van der Waals surface area contributed by atoms with Crippen LogP contribution in [0, 0.1) is 0 Å². The minimum atomic E-state index is 0.0591. The van der Waals surface area contributed by atoms with Crippen LogP contribution in [0.5, 0.6) is 0 Å². The van der Waals surface area contributed by atoms with Crippen LogP contribution in [0.2, 0.25) is 0 Å². The molecule has 4 heteroatoms. The molecular weight excluding hydrogens is 214 g/mol. The maximum Gasteiger partial charge on any atom is 0.226 e. The van der Waals surface area contributed by atoms with Crippen LogP contribution in [0.25, 0.3) is 0 Å². The minimum Gasteiger partial charge on any atom is -0.397 e. The van der Waals surface area contributed by atoms with Crippen molar-refractivity contribution in [2.75, 3.05) is 5.73 Å². The maximum absolute atomic E-state index is 11.9. The van der Waals surface area contributed by atoms with Crippen molar-refractivity contribution in [1.29, 1.82) is 0 Å². The maximum atomic E-state index is 11.9. The van der Waals surface area contributed by atoms with E-state index in [0.29, 0.717) is 12.1 Å². The first kappa shape index (κ1) is 11.9. The van der Waals surface area contributed by atoms with Crippen LogP contribution in [0.4, 0.5) is 5.69 Å². The molecule has 1 aromatic heterocycles. The van der Waals surface area contributed by atoms with Gasteiger partial charge < -0.3 is 11.1 Å². The second kappa shape index (κ2) is 4.73. The summed E-state index contributed by atoms with van der Waals surface area (Å²) in [6.45, 7) is 2.13. The van der Waals surface area contributed by atoms with Crippen LogP contribution in [0.3, 0.4) is 0 Å². The number of anilines is 1. The van der Waals surface area contributed by atoms with Gasteiger partial charge in [-0.2, -0.15) is 0 Å².